The maximum Gasteiger partial charge on any atom is 0.213 e. The molecule has 5 nitrogen and oxygen atoms in total. The third kappa shape index (κ3) is 24.2. The van der Waals surface area contributed by atoms with Gasteiger partial charge in [-0.2, -0.15) is 0 Å². The summed E-state index contributed by atoms with van der Waals surface area (Å²) in [4.78, 5) is 0. The number of fused-ring (bicyclic) bond motifs is 2. The predicted octanol–water partition coefficient (Wildman–Crippen LogP) is 33.4. The number of aryl methyl sites for hydroxylation is 10. The number of rotatable bonds is 15. The van der Waals surface area contributed by atoms with Crippen molar-refractivity contribution >= 4 is 0 Å². The van der Waals surface area contributed by atoms with Crippen LogP contribution in [0.1, 0.15) is 272 Å². The lowest BCUT2D eigenvalue weighted by molar-refractivity contribution is -0.660. The summed E-state index contributed by atoms with van der Waals surface area (Å²) < 4.78 is 29.2. The first-order valence-corrected chi connectivity index (χ1v) is 52.4. The Balaban J connectivity index is 0.000000121. The van der Waals surface area contributed by atoms with Crippen LogP contribution in [0.25, 0.3) is 112 Å². The second-order valence-corrected chi connectivity index (χ2v) is 45.4. The Morgan fingerprint density at radius 3 is 0.784 bits per heavy atom. The summed E-state index contributed by atoms with van der Waals surface area (Å²) in [5, 5.41) is 0. The summed E-state index contributed by atoms with van der Waals surface area (Å²) in [5.41, 5.74) is 40.6. The van der Waals surface area contributed by atoms with Gasteiger partial charge in [-0.1, -0.05) is 274 Å². The van der Waals surface area contributed by atoms with E-state index in [1.54, 1.807) is 5.56 Å². The molecule has 2 bridgehead atoms. The van der Waals surface area contributed by atoms with Crippen LogP contribution in [0.5, 0.6) is 0 Å². The van der Waals surface area contributed by atoms with Crippen molar-refractivity contribution in [2.45, 2.75) is 248 Å². The van der Waals surface area contributed by atoms with Gasteiger partial charge >= 0.3 is 0 Å². The standard InChI is InChI=1S/4C27H32N.C26H28N/c2*1-20-8-5-6-11-25(20)26-19-24(14-17-28(26)4)23-10-7-9-22(18-23)21-12-15-27(2,3)16-13-21;2*1-20-7-5-6-8-25(20)26-19-24(15-18-28(26)4)22-11-9-21(10-12-22)23-13-16-27(2,3)17-14-23;1-18-5-3-4-6-24(18)26-17-22(13-14-27(26)2)20-9-11-21(12-10-20)25-16-19-7-8-23(25)15-19/h2*5-11,14,17-19,21H,12-13,15-16H2,1-4H3;2*5-12,15,18-19,23H,13-14,16-17H2,1-4H3;3-6,9-14,17,19,23,25H,7-8,15-16H2,1-2H3/q5*+1/i21D;;23D;;. The molecule has 5 aromatic heterocycles. The summed E-state index contributed by atoms with van der Waals surface area (Å²) in [6, 6.07) is 111. The molecule has 6 aliphatic carbocycles. The number of pyridine rings is 5. The third-order valence-corrected chi connectivity index (χ3v) is 33.0. The normalized spacial score (nSPS) is 18.8. The second kappa shape index (κ2) is 43.4. The van der Waals surface area contributed by atoms with Gasteiger partial charge in [-0.25, -0.2) is 22.8 Å². The molecular formula is C134H156N5+5. The van der Waals surface area contributed by atoms with E-state index < -0.39 is 11.8 Å². The van der Waals surface area contributed by atoms with Crippen molar-refractivity contribution < 1.29 is 25.6 Å². The molecule has 6 aliphatic rings. The van der Waals surface area contributed by atoms with Crippen molar-refractivity contribution in [1.82, 2.24) is 0 Å². The van der Waals surface area contributed by atoms with Gasteiger partial charge in [0.05, 0.1) is 0 Å². The fourth-order valence-electron chi connectivity index (χ4n) is 23.2. The Morgan fingerprint density at radius 1 is 0.223 bits per heavy atom. The van der Waals surface area contributed by atoms with Crippen LogP contribution in [0.4, 0.5) is 0 Å². The van der Waals surface area contributed by atoms with Crippen LogP contribution in [0.3, 0.4) is 0 Å². The first-order valence-electron chi connectivity index (χ1n) is 53.4. The molecule has 10 aromatic carbocycles. The van der Waals surface area contributed by atoms with Gasteiger partial charge in [0, 0.05) is 91.2 Å². The number of hydrogen-bond acceptors (Lipinski definition) is 0. The third-order valence-electron chi connectivity index (χ3n) is 33.0. The molecule has 0 radical (unpaired) electrons. The fraction of sp³-hybridized carbons (Fsp3) is 0.366. The molecule has 0 spiro atoms. The predicted molar refractivity (Wildman–Crippen MR) is 584 cm³/mol. The Hall–Kier alpha value is -12.1. The highest BCUT2D eigenvalue weighted by Gasteiger charge is 2.41. The lowest BCUT2D eigenvalue weighted by Gasteiger charge is -2.34. The van der Waals surface area contributed by atoms with Gasteiger partial charge in [0.2, 0.25) is 28.5 Å². The van der Waals surface area contributed by atoms with Crippen LogP contribution >= 0.6 is 0 Å². The minimum absolute atomic E-state index is 0.374. The SMILES string of the molecule is Cc1ccccc1-c1cc(-c2ccc(C3CC4CCC3C4)cc2)cc[n+]1C.Cc1ccccc1-c1cc(-c2ccc(C3CCC(C)(C)CC3)cc2)cc[n+]1C.Cc1ccccc1-c1cc(-c2cccc(C3CCC(C)(C)CC3)c2)cc[n+]1C.[2H]C1(c2ccc(-c3cc[n+](C)c(-c4ccccc4C)c3)cc2)CCC(C)(C)CC1.[2H]C1(c2cccc(-c3cc[n+](C)c(-c4ccccc4C)c3)c2)CCC(C)(C)CC1. The fourth-order valence-corrected chi connectivity index (χ4v) is 23.2. The zero-order chi connectivity index (χ0) is 99.1. The van der Waals surface area contributed by atoms with E-state index in [0.717, 1.165) is 86.2 Å². The van der Waals surface area contributed by atoms with Crippen LogP contribution in [0.15, 0.2) is 334 Å². The van der Waals surface area contributed by atoms with Gasteiger partial charge in [0.25, 0.3) is 0 Å². The minimum atomic E-state index is -0.455. The van der Waals surface area contributed by atoms with Crippen LogP contribution in [-0.2, 0) is 35.2 Å². The monoisotopic (exact) mass is 1840 g/mol. The highest BCUT2D eigenvalue weighted by molar-refractivity contribution is 5.76. The molecule has 21 rings (SSSR count). The maximum absolute atomic E-state index is 9.13. The highest BCUT2D eigenvalue weighted by Crippen LogP contribution is 2.54. The van der Waals surface area contributed by atoms with Gasteiger partial charge in [0.1, 0.15) is 35.2 Å². The van der Waals surface area contributed by atoms with Gasteiger partial charge in [0.15, 0.2) is 31.0 Å². The van der Waals surface area contributed by atoms with Crippen molar-refractivity contribution in [2.24, 2.45) is 68.7 Å². The van der Waals surface area contributed by atoms with Crippen molar-refractivity contribution in [2.75, 3.05) is 0 Å². The highest BCUT2D eigenvalue weighted by atomic mass is 14.9. The molecule has 0 aliphatic heterocycles. The van der Waals surface area contributed by atoms with Gasteiger partial charge in [-0.15, -0.1) is 0 Å². The Morgan fingerprint density at radius 2 is 0.482 bits per heavy atom. The molecule has 0 amide bonds. The number of nitrogens with zero attached hydrogens (tertiary/aromatic N) is 5. The Bertz CT molecular complexity index is 6850. The first-order chi connectivity index (χ1) is 67.6. The number of benzene rings is 10. The summed E-state index contributed by atoms with van der Waals surface area (Å²) in [6.45, 7) is 29.9. The van der Waals surface area contributed by atoms with E-state index in [-0.39, 0.29) is 0 Å². The molecule has 139 heavy (non-hydrogen) atoms. The number of aromatic nitrogens is 5. The first kappa shape index (κ1) is 95.9. The zero-order valence-corrected chi connectivity index (χ0v) is 87.0. The maximum atomic E-state index is 9.13. The molecule has 712 valence electrons. The van der Waals surface area contributed by atoms with Crippen molar-refractivity contribution in [3.8, 4) is 112 Å². The van der Waals surface area contributed by atoms with Gasteiger partial charge in [-0.3, -0.25) is 0 Å². The molecule has 3 atom stereocenters. The smallest absolute Gasteiger partial charge is 0.201 e. The quantitative estimate of drug-likeness (QED) is 0.0912. The van der Waals surface area contributed by atoms with Crippen molar-refractivity contribution in [3.05, 3.63) is 390 Å². The van der Waals surface area contributed by atoms with Crippen molar-refractivity contribution in [3.63, 3.8) is 0 Å². The molecule has 0 saturated heterocycles. The lowest BCUT2D eigenvalue weighted by atomic mass is 9.71. The zero-order valence-electron chi connectivity index (χ0n) is 89.0. The van der Waals surface area contributed by atoms with E-state index in [0.29, 0.717) is 27.6 Å². The summed E-state index contributed by atoms with van der Waals surface area (Å²) in [6.07, 6.45) is 35.6. The Kier molecular flexibility index (Phi) is 29.9. The van der Waals surface area contributed by atoms with Crippen LogP contribution in [0.2, 0.25) is 0 Å². The molecule has 6 saturated carbocycles. The average Bonchev–Trinajstić information content (AvgIpc) is 1.69. The second-order valence-electron chi connectivity index (χ2n) is 45.4. The van der Waals surface area contributed by atoms with Crippen molar-refractivity contribution in [1.29, 1.82) is 0 Å². The van der Waals surface area contributed by atoms with Crippen LogP contribution < -0.4 is 22.8 Å². The summed E-state index contributed by atoms with van der Waals surface area (Å²) in [5.74, 6) is 3.33. The van der Waals surface area contributed by atoms with Crippen LogP contribution in [0, 0.1) is 68.1 Å². The molecule has 15 aromatic rings. The molecule has 3 unspecified atom stereocenters. The van der Waals surface area contributed by atoms with Gasteiger partial charge < -0.3 is 0 Å². The van der Waals surface area contributed by atoms with E-state index >= 15 is 0 Å². The molecule has 5 heterocycles. The molecule has 6 fully saturated rings. The Labute approximate surface area is 838 Å². The summed E-state index contributed by atoms with van der Waals surface area (Å²) in [7, 11) is 10.6. The lowest BCUT2D eigenvalue weighted by Crippen LogP contribution is -2.30. The van der Waals surface area contributed by atoms with E-state index in [9.17, 15) is 0 Å². The van der Waals surface area contributed by atoms with Crippen LogP contribution in [-0.4, -0.2) is 0 Å². The topological polar surface area (TPSA) is 19.4 Å². The van der Waals surface area contributed by atoms with E-state index in [1.807, 2.05) is 0 Å². The largest absolute Gasteiger partial charge is 0.213 e. The molecule has 5 heteroatoms. The number of hydrogen-bond donors (Lipinski definition) is 0. The average molecular weight is 1840 g/mol. The van der Waals surface area contributed by atoms with Gasteiger partial charge in [-0.05, 0) is 361 Å². The molecule has 0 N–H and O–H groups in total. The van der Waals surface area contributed by atoms with E-state index in [4.69, 9.17) is 2.74 Å². The van der Waals surface area contributed by atoms with E-state index in [1.165, 1.54) is 228 Å². The minimum Gasteiger partial charge on any atom is -0.201 e. The van der Waals surface area contributed by atoms with E-state index in [2.05, 4.69) is 482 Å². The molecular weight excluding hydrogens is 1680 g/mol. The summed E-state index contributed by atoms with van der Waals surface area (Å²) >= 11 is 0.